The molecule has 0 aromatic rings. The lowest BCUT2D eigenvalue weighted by Crippen LogP contribution is -2.36. The van der Waals surface area contributed by atoms with E-state index in [1.54, 1.807) is 0 Å². The lowest BCUT2D eigenvalue weighted by atomic mass is 9.74. The molecule has 0 spiro atoms. The van der Waals surface area contributed by atoms with E-state index in [9.17, 15) is 0 Å². The molecule has 1 saturated heterocycles. The summed E-state index contributed by atoms with van der Waals surface area (Å²) in [6, 6.07) is 0.848. The minimum absolute atomic E-state index is 0.848. The summed E-state index contributed by atoms with van der Waals surface area (Å²) < 4.78 is 0. The monoisotopic (exact) mass is 209 g/mol. The van der Waals surface area contributed by atoms with E-state index in [-0.39, 0.29) is 0 Å². The van der Waals surface area contributed by atoms with Gasteiger partial charge in [-0.15, -0.1) is 0 Å². The molecule has 88 valence electrons. The molecule has 1 heterocycles. The van der Waals surface area contributed by atoms with Crippen molar-refractivity contribution in [3.05, 3.63) is 0 Å². The molecule has 0 aromatic heterocycles. The first-order valence-electron chi connectivity index (χ1n) is 6.97. The highest BCUT2D eigenvalue weighted by atomic mass is 14.9. The van der Waals surface area contributed by atoms with Crippen molar-refractivity contribution in [3.63, 3.8) is 0 Å². The van der Waals surface area contributed by atoms with E-state index in [1.165, 1.54) is 51.5 Å². The van der Waals surface area contributed by atoms with Gasteiger partial charge in [0.25, 0.3) is 0 Å². The largest absolute Gasteiger partial charge is 0.314 e. The van der Waals surface area contributed by atoms with Crippen molar-refractivity contribution in [1.29, 1.82) is 0 Å². The van der Waals surface area contributed by atoms with E-state index in [4.69, 9.17) is 0 Å². The first-order valence-corrected chi connectivity index (χ1v) is 6.97. The highest BCUT2D eigenvalue weighted by Gasteiger charge is 2.26. The molecule has 15 heavy (non-hydrogen) atoms. The molecule has 0 radical (unpaired) electrons. The molecule has 1 heteroatoms. The maximum atomic E-state index is 3.70. The van der Waals surface area contributed by atoms with Gasteiger partial charge < -0.3 is 5.32 Å². The van der Waals surface area contributed by atoms with Gasteiger partial charge in [0.1, 0.15) is 0 Å². The summed E-state index contributed by atoms with van der Waals surface area (Å²) in [5.74, 6) is 2.96. The van der Waals surface area contributed by atoms with Crippen molar-refractivity contribution in [1.82, 2.24) is 5.32 Å². The summed E-state index contributed by atoms with van der Waals surface area (Å²) >= 11 is 0. The van der Waals surface area contributed by atoms with Gasteiger partial charge in [-0.2, -0.15) is 0 Å². The molecule has 2 fully saturated rings. The van der Waals surface area contributed by atoms with Crippen LogP contribution >= 0.6 is 0 Å². The maximum absolute atomic E-state index is 3.70. The van der Waals surface area contributed by atoms with Gasteiger partial charge >= 0.3 is 0 Å². The predicted octanol–water partition coefficient (Wildman–Crippen LogP) is 3.59. The number of nitrogens with one attached hydrogen (secondary N) is 1. The zero-order valence-corrected chi connectivity index (χ0v) is 10.5. The first kappa shape index (κ1) is 11.4. The van der Waals surface area contributed by atoms with Crippen molar-refractivity contribution in [2.24, 2.45) is 17.8 Å². The van der Waals surface area contributed by atoms with Crippen LogP contribution in [0, 0.1) is 17.8 Å². The minimum atomic E-state index is 0.848. The van der Waals surface area contributed by atoms with Crippen LogP contribution in [0.4, 0.5) is 0 Å². The van der Waals surface area contributed by atoms with E-state index >= 15 is 0 Å². The fourth-order valence-corrected chi connectivity index (χ4v) is 3.83. The molecule has 1 nitrogen and oxygen atoms in total. The van der Waals surface area contributed by atoms with Crippen LogP contribution in [0.5, 0.6) is 0 Å². The number of piperidine rings is 1. The van der Waals surface area contributed by atoms with Crippen LogP contribution in [0.3, 0.4) is 0 Å². The highest BCUT2D eigenvalue weighted by molar-refractivity contribution is 4.81. The molecule has 0 bridgehead atoms. The van der Waals surface area contributed by atoms with Crippen LogP contribution in [0.1, 0.15) is 58.8 Å². The summed E-state index contributed by atoms with van der Waals surface area (Å²) in [6.45, 7) is 6.15. The quantitative estimate of drug-likeness (QED) is 0.733. The summed E-state index contributed by atoms with van der Waals surface area (Å²) in [7, 11) is 0. The zero-order chi connectivity index (χ0) is 10.7. The molecular weight excluding hydrogens is 182 g/mol. The average Bonchev–Trinajstić information content (AvgIpc) is 2.17. The molecule has 3 unspecified atom stereocenters. The van der Waals surface area contributed by atoms with Crippen LogP contribution < -0.4 is 5.32 Å². The summed E-state index contributed by atoms with van der Waals surface area (Å²) in [5.41, 5.74) is 0. The minimum Gasteiger partial charge on any atom is -0.314 e. The van der Waals surface area contributed by atoms with Crippen LogP contribution in [0.15, 0.2) is 0 Å². The van der Waals surface area contributed by atoms with Crippen molar-refractivity contribution in [3.8, 4) is 0 Å². The van der Waals surface area contributed by atoms with E-state index in [2.05, 4.69) is 19.2 Å². The lowest BCUT2D eigenvalue weighted by molar-refractivity contribution is 0.187. The second kappa shape index (κ2) is 5.34. The molecular formula is C14H27N. The fraction of sp³-hybridized carbons (Fsp3) is 1.00. The van der Waals surface area contributed by atoms with Gasteiger partial charge in [0, 0.05) is 6.04 Å². The van der Waals surface area contributed by atoms with Crippen LogP contribution in [0.2, 0.25) is 0 Å². The number of hydrogen-bond donors (Lipinski definition) is 1. The van der Waals surface area contributed by atoms with Gasteiger partial charge in [0.15, 0.2) is 0 Å². The third-order valence-corrected chi connectivity index (χ3v) is 4.31. The van der Waals surface area contributed by atoms with E-state index in [0.29, 0.717) is 0 Å². The fourth-order valence-electron chi connectivity index (χ4n) is 3.83. The van der Waals surface area contributed by atoms with Gasteiger partial charge in [-0.1, -0.05) is 20.3 Å². The first-order chi connectivity index (χ1) is 7.24. The molecule has 1 aliphatic heterocycles. The Labute approximate surface area is 95.0 Å². The van der Waals surface area contributed by atoms with E-state index in [0.717, 1.165) is 23.8 Å². The molecule has 3 atom stereocenters. The Morgan fingerprint density at radius 3 is 2.33 bits per heavy atom. The molecule has 0 amide bonds. The topological polar surface area (TPSA) is 12.0 Å². The Balaban J connectivity index is 1.77. The predicted molar refractivity (Wildman–Crippen MR) is 65.9 cm³/mol. The standard InChI is InChI=1S/C14H27N/c1-11-7-12(2)9-13(8-11)10-14-5-3-4-6-15-14/h11-15H,3-10H2,1-2H3. The Kier molecular flexibility index (Phi) is 4.07. The van der Waals surface area contributed by atoms with Crippen molar-refractivity contribution in [2.75, 3.05) is 6.54 Å². The highest BCUT2D eigenvalue weighted by Crippen LogP contribution is 2.35. The van der Waals surface area contributed by atoms with E-state index in [1.807, 2.05) is 0 Å². The summed E-state index contributed by atoms with van der Waals surface area (Å²) in [4.78, 5) is 0. The third kappa shape index (κ3) is 3.48. The average molecular weight is 209 g/mol. The molecule has 1 saturated carbocycles. The maximum Gasteiger partial charge on any atom is 0.00697 e. The number of rotatable bonds is 2. The van der Waals surface area contributed by atoms with Crippen molar-refractivity contribution >= 4 is 0 Å². The van der Waals surface area contributed by atoms with Crippen LogP contribution in [0.25, 0.3) is 0 Å². The summed E-state index contributed by atoms with van der Waals surface area (Å²) in [5, 5.41) is 3.70. The van der Waals surface area contributed by atoms with E-state index < -0.39 is 0 Å². The molecule has 0 aromatic carbocycles. The lowest BCUT2D eigenvalue weighted by Gasteiger charge is -2.35. The molecule has 1 N–H and O–H groups in total. The normalized spacial score (nSPS) is 42.8. The molecule has 2 rings (SSSR count). The number of hydrogen-bond acceptors (Lipinski definition) is 1. The molecule has 2 aliphatic rings. The second-order valence-electron chi connectivity index (χ2n) is 6.17. The Morgan fingerprint density at radius 1 is 1.00 bits per heavy atom. The van der Waals surface area contributed by atoms with Gasteiger partial charge in [-0.25, -0.2) is 0 Å². The summed E-state index contributed by atoms with van der Waals surface area (Å²) in [6.07, 6.45) is 10.2. The molecule has 1 aliphatic carbocycles. The van der Waals surface area contributed by atoms with Gasteiger partial charge in [-0.05, 0) is 62.8 Å². The van der Waals surface area contributed by atoms with Gasteiger partial charge in [0.05, 0.1) is 0 Å². The van der Waals surface area contributed by atoms with Crippen LogP contribution in [-0.2, 0) is 0 Å². The van der Waals surface area contributed by atoms with Gasteiger partial charge in [-0.3, -0.25) is 0 Å². The Bertz CT molecular complexity index is 174. The van der Waals surface area contributed by atoms with Gasteiger partial charge in [0.2, 0.25) is 0 Å². The SMILES string of the molecule is CC1CC(C)CC(CC2CCCCN2)C1. The second-order valence-corrected chi connectivity index (χ2v) is 6.17. The van der Waals surface area contributed by atoms with Crippen molar-refractivity contribution in [2.45, 2.75) is 64.8 Å². The Hall–Kier alpha value is -0.0400. The van der Waals surface area contributed by atoms with Crippen molar-refractivity contribution < 1.29 is 0 Å². The van der Waals surface area contributed by atoms with Crippen LogP contribution in [-0.4, -0.2) is 12.6 Å². The Morgan fingerprint density at radius 2 is 1.73 bits per heavy atom. The third-order valence-electron chi connectivity index (χ3n) is 4.31. The smallest absolute Gasteiger partial charge is 0.00697 e. The zero-order valence-electron chi connectivity index (χ0n) is 10.5.